The Labute approximate surface area is 96.4 Å². The first-order valence-corrected chi connectivity index (χ1v) is 5.43. The Hall–Kier alpha value is -1.51. The number of rotatable bonds is 5. The van der Waals surface area contributed by atoms with Gasteiger partial charge >= 0.3 is 5.97 Å². The van der Waals surface area contributed by atoms with Crippen LogP contribution < -0.4 is 4.74 Å². The van der Waals surface area contributed by atoms with Crippen LogP contribution in [0.1, 0.15) is 25.8 Å². The van der Waals surface area contributed by atoms with E-state index in [4.69, 9.17) is 9.47 Å². The summed E-state index contributed by atoms with van der Waals surface area (Å²) < 4.78 is 10.2. The van der Waals surface area contributed by atoms with Crippen molar-refractivity contribution in [3.63, 3.8) is 0 Å². The van der Waals surface area contributed by atoms with E-state index >= 15 is 0 Å². The Morgan fingerprint density at radius 1 is 1.25 bits per heavy atom. The van der Waals surface area contributed by atoms with Gasteiger partial charge in [0.25, 0.3) is 0 Å². The summed E-state index contributed by atoms with van der Waals surface area (Å²) in [5, 5.41) is 0. The van der Waals surface area contributed by atoms with Gasteiger partial charge in [0.15, 0.2) is 0 Å². The van der Waals surface area contributed by atoms with Gasteiger partial charge in [-0.2, -0.15) is 0 Å². The molecule has 0 saturated carbocycles. The van der Waals surface area contributed by atoms with E-state index in [0.717, 1.165) is 0 Å². The largest absolute Gasteiger partial charge is 0.457 e. The van der Waals surface area contributed by atoms with Crippen LogP contribution >= 0.6 is 0 Å². The van der Waals surface area contributed by atoms with Crippen LogP contribution in [0.25, 0.3) is 0 Å². The molecule has 0 aliphatic rings. The van der Waals surface area contributed by atoms with Crippen molar-refractivity contribution in [2.45, 2.75) is 27.2 Å². The number of hydrogen-bond donors (Lipinski definition) is 0. The minimum atomic E-state index is -0.220. The lowest BCUT2D eigenvalue weighted by Crippen LogP contribution is -2.12. The molecule has 0 bridgehead atoms. The number of carbonyl (C=O) groups is 1. The standard InChI is InChI=1S/C13H18O3/c1-10(2)8-13(14)16-9-15-12-6-4-11(3)5-7-12/h4-7,10H,8-9H2,1-3H3. The second kappa shape index (κ2) is 6.16. The van der Waals surface area contributed by atoms with Gasteiger partial charge in [-0.1, -0.05) is 31.5 Å². The van der Waals surface area contributed by atoms with Crippen molar-refractivity contribution in [1.29, 1.82) is 0 Å². The molecule has 0 saturated heterocycles. The molecule has 3 nitrogen and oxygen atoms in total. The molecule has 0 atom stereocenters. The number of ether oxygens (including phenoxy) is 2. The number of carbonyl (C=O) groups excluding carboxylic acids is 1. The Morgan fingerprint density at radius 3 is 2.44 bits per heavy atom. The summed E-state index contributed by atoms with van der Waals surface area (Å²) in [5.41, 5.74) is 1.17. The van der Waals surface area contributed by atoms with Crippen LogP contribution in [0.5, 0.6) is 5.75 Å². The van der Waals surface area contributed by atoms with Crippen molar-refractivity contribution in [2.24, 2.45) is 5.92 Å². The summed E-state index contributed by atoms with van der Waals surface area (Å²) in [6.45, 7) is 5.94. The molecule has 0 heterocycles. The molecule has 1 aromatic carbocycles. The predicted molar refractivity (Wildman–Crippen MR) is 62.2 cm³/mol. The fourth-order valence-corrected chi connectivity index (χ4v) is 1.19. The predicted octanol–water partition coefficient (Wildman–Crippen LogP) is 2.92. The molecule has 0 aromatic heterocycles. The summed E-state index contributed by atoms with van der Waals surface area (Å²) in [6.07, 6.45) is 0.428. The number of hydrogen-bond acceptors (Lipinski definition) is 3. The molecule has 0 aliphatic carbocycles. The van der Waals surface area contributed by atoms with Crippen molar-refractivity contribution < 1.29 is 14.3 Å². The molecule has 0 unspecified atom stereocenters. The maximum atomic E-state index is 11.2. The molecule has 1 aromatic rings. The molecule has 0 radical (unpaired) electrons. The van der Waals surface area contributed by atoms with Crippen LogP contribution in [0.3, 0.4) is 0 Å². The van der Waals surface area contributed by atoms with E-state index in [0.29, 0.717) is 18.1 Å². The summed E-state index contributed by atoms with van der Waals surface area (Å²) in [4.78, 5) is 11.2. The molecule has 0 amide bonds. The smallest absolute Gasteiger partial charge is 0.308 e. The van der Waals surface area contributed by atoms with Gasteiger partial charge in [-0.05, 0) is 25.0 Å². The lowest BCUT2D eigenvalue weighted by Gasteiger charge is -2.08. The average Bonchev–Trinajstić information content (AvgIpc) is 2.20. The first-order chi connectivity index (χ1) is 7.58. The SMILES string of the molecule is Cc1ccc(OCOC(=O)CC(C)C)cc1. The minimum Gasteiger partial charge on any atom is -0.457 e. The van der Waals surface area contributed by atoms with Crippen molar-refractivity contribution >= 4 is 5.97 Å². The van der Waals surface area contributed by atoms with Crippen molar-refractivity contribution in [2.75, 3.05) is 6.79 Å². The van der Waals surface area contributed by atoms with E-state index in [-0.39, 0.29) is 12.8 Å². The Bertz CT molecular complexity index is 328. The van der Waals surface area contributed by atoms with E-state index in [1.165, 1.54) is 5.56 Å². The van der Waals surface area contributed by atoms with Gasteiger partial charge in [-0.15, -0.1) is 0 Å². The molecule has 3 heteroatoms. The van der Waals surface area contributed by atoms with Gasteiger partial charge < -0.3 is 9.47 Å². The van der Waals surface area contributed by atoms with Crippen LogP contribution in [0.2, 0.25) is 0 Å². The summed E-state index contributed by atoms with van der Waals surface area (Å²) in [6, 6.07) is 7.60. The molecule has 0 aliphatic heterocycles. The zero-order chi connectivity index (χ0) is 12.0. The summed E-state index contributed by atoms with van der Waals surface area (Å²) in [7, 11) is 0. The van der Waals surface area contributed by atoms with E-state index < -0.39 is 0 Å². The molecule has 0 fully saturated rings. The topological polar surface area (TPSA) is 35.5 Å². The minimum absolute atomic E-state index is 0.0192. The third-order valence-corrected chi connectivity index (χ3v) is 2.04. The van der Waals surface area contributed by atoms with Crippen LogP contribution in [0.4, 0.5) is 0 Å². The fraction of sp³-hybridized carbons (Fsp3) is 0.462. The maximum absolute atomic E-state index is 11.2. The number of benzene rings is 1. The summed E-state index contributed by atoms with van der Waals surface area (Å²) >= 11 is 0. The summed E-state index contributed by atoms with van der Waals surface area (Å²) in [5.74, 6) is 0.803. The van der Waals surface area contributed by atoms with Crippen molar-refractivity contribution in [3.05, 3.63) is 29.8 Å². The highest BCUT2D eigenvalue weighted by molar-refractivity contribution is 5.69. The second-order valence-corrected chi connectivity index (χ2v) is 4.19. The lowest BCUT2D eigenvalue weighted by atomic mass is 10.1. The monoisotopic (exact) mass is 222 g/mol. The van der Waals surface area contributed by atoms with E-state index in [9.17, 15) is 4.79 Å². The van der Waals surface area contributed by atoms with E-state index in [2.05, 4.69) is 0 Å². The van der Waals surface area contributed by atoms with Gasteiger partial charge in [-0.3, -0.25) is 4.79 Å². The van der Waals surface area contributed by atoms with Gasteiger partial charge in [0, 0.05) is 6.42 Å². The Kier molecular flexibility index (Phi) is 4.83. The van der Waals surface area contributed by atoms with Gasteiger partial charge in [-0.25, -0.2) is 0 Å². The van der Waals surface area contributed by atoms with Crippen LogP contribution in [-0.2, 0) is 9.53 Å². The third kappa shape index (κ3) is 4.82. The molecule has 16 heavy (non-hydrogen) atoms. The van der Waals surface area contributed by atoms with Crippen LogP contribution in [-0.4, -0.2) is 12.8 Å². The zero-order valence-electron chi connectivity index (χ0n) is 10.0. The Morgan fingerprint density at radius 2 is 1.88 bits per heavy atom. The molecule has 0 spiro atoms. The average molecular weight is 222 g/mol. The highest BCUT2D eigenvalue weighted by Crippen LogP contribution is 2.11. The molecule has 88 valence electrons. The van der Waals surface area contributed by atoms with Crippen molar-refractivity contribution in [3.8, 4) is 5.75 Å². The lowest BCUT2D eigenvalue weighted by molar-refractivity contribution is -0.151. The molecule has 0 N–H and O–H groups in total. The van der Waals surface area contributed by atoms with Gasteiger partial charge in [0.2, 0.25) is 6.79 Å². The first kappa shape index (κ1) is 12.6. The highest BCUT2D eigenvalue weighted by Gasteiger charge is 2.05. The fourth-order valence-electron chi connectivity index (χ4n) is 1.19. The molecular formula is C13H18O3. The maximum Gasteiger partial charge on any atom is 0.308 e. The number of esters is 1. The molecule has 1 rings (SSSR count). The highest BCUT2D eigenvalue weighted by atomic mass is 16.7. The van der Waals surface area contributed by atoms with Crippen molar-refractivity contribution in [1.82, 2.24) is 0 Å². The quantitative estimate of drug-likeness (QED) is 0.567. The molecular weight excluding hydrogens is 204 g/mol. The normalized spacial score (nSPS) is 10.2. The van der Waals surface area contributed by atoms with E-state index in [1.54, 1.807) is 0 Å². The first-order valence-electron chi connectivity index (χ1n) is 5.43. The van der Waals surface area contributed by atoms with E-state index in [1.807, 2.05) is 45.0 Å². The van der Waals surface area contributed by atoms with Crippen LogP contribution in [0.15, 0.2) is 24.3 Å². The Balaban J connectivity index is 2.25. The van der Waals surface area contributed by atoms with Crippen LogP contribution in [0, 0.1) is 12.8 Å². The van der Waals surface area contributed by atoms with Gasteiger partial charge in [0.05, 0.1) is 0 Å². The number of aryl methyl sites for hydroxylation is 1. The zero-order valence-corrected chi connectivity index (χ0v) is 10.0. The third-order valence-electron chi connectivity index (χ3n) is 2.04. The second-order valence-electron chi connectivity index (χ2n) is 4.19. The van der Waals surface area contributed by atoms with Gasteiger partial charge in [0.1, 0.15) is 5.75 Å².